The third kappa shape index (κ3) is 5.55. The molecule has 39 heavy (non-hydrogen) atoms. The van der Waals surface area contributed by atoms with Gasteiger partial charge in [0, 0.05) is 29.3 Å². The number of ketones is 1. The number of benzene rings is 2. The molecule has 0 bridgehead atoms. The molecule has 0 N–H and O–H groups in total. The molecule has 208 valence electrons. The second-order valence-corrected chi connectivity index (χ2v) is 10.5. The van der Waals surface area contributed by atoms with E-state index in [1.54, 1.807) is 28.4 Å². The molecule has 9 heteroatoms. The minimum Gasteiger partial charge on any atom is -0.493 e. The van der Waals surface area contributed by atoms with Crippen molar-refractivity contribution in [1.82, 2.24) is 0 Å². The van der Waals surface area contributed by atoms with E-state index in [4.69, 9.17) is 28.7 Å². The lowest BCUT2D eigenvalue weighted by Gasteiger charge is -2.36. The van der Waals surface area contributed by atoms with Crippen molar-refractivity contribution in [2.45, 2.75) is 44.9 Å². The monoisotopic (exact) mass is 599 g/mol. The second-order valence-electron chi connectivity index (χ2n) is 9.62. The normalized spacial score (nSPS) is 20.6. The second kappa shape index (κ2) is 12.2. The first-order chi connectivity index (χ1) is 18.8. The summed E-state index contributed by atoms with van der Waals surface area (Å²) in [6.07, 6.45) is 1.53. The Bertz CT molecular complexity index is 1330. The molecule has 4 rings (SSSR count). The van der Waals surface area contributed by atoms with Gasteiger partial charge in [0.05, 0.1) is 39.5 Å². The molecule has 0 radical (unpaired) electrons. The van der Waals surface area contributed by atoms with Crippen molar-refractivity contribution in [2.75, 3.05) is 35.0 Å². The van der Waals surface area contributed by atoms with E-state index in [0.717, 1.165) is 11.1 Å². The first-order valence-corrected chi connectivity index (χ1v) is 13.7. The van der Waals surface area contributed by atoms with Gasteiger partial charge >= 0.3 is 5.97 Å². The lowest BCUT2D eigenvalue weighted by Crippen LogP contribution is -2.38. The van der Waals surface area contributed by atoms with E-state index in [2.05, 4.69) is 15.9 Å². The van der Waals surface area contributed by atoms with Crippen LogP contribution in [0.15, 0.2) is 51.1 Å². The molecule has 0 fully saturated rings. The maximum absolute atomic E-state index is 13.9. The highest BCUT2D eigenvalue weighted by Gasteiger charge is 2.45. The molecule has 1 aliphatic heterocycles. The predicted molar refractivity (Wildman–Crippen MR) is 151 cm³/mol. The molecule has 0 amide bonds. The zero-order valence-electron chi connectivity index (χ0n) is 23.1. The molecular formula is C30H34BrNO7. The minimum atomic E-state index is -0.734. The Morgan fingerprint density at radius 3 is 2.28 bits per heavy atom. The van der Waals surface area contributed by atoms with Crippen LogP contribution in [0.1, 0.15) is 56.1 Å². The Balaban J connectivity index is 1.83. The Hall–Kier alpha value is -3.33. The fourth-order valence-electron chi connectivity index (χ4n) is 5.48. The fraction of sp³-hybridized carbons (Fsp3) is 0.433. The Morgan fingerprint density at radius 2 is 1.64 bits per heavy atom. The summed E-state index contributed by atoms with van der Waals surface area (Å²) in [5.74, 6) is 0.431. The third-order valence-corrected chi connectivity index (χ3v) is 7.87. The number of esters is 1. The van der Waals surface area contributed by atoms with Gasteiger partial charge in [0.15, 0.2) is 28.8 Å². The van der Waals surface area contributed by atoms with Crippen LogP contribution in [0, 0.1) is 5.92 Å². The van der Waals surface area contributed by atoms with Gasteiger partial charge in [-0.2, -0.15) is 0 Å². The van der Waals surface area contributed by atoms with Crippen LogP contribution in [0.2, 0.25) is 0 Å². The predicted octanol–water partition coefficient (Wildman–Crippen LogP) is 6.01. The number of methoxy groups -OCH3 is 4. The number of Topliss-reactive ketones (excluding diaryl/α,β-unsaturated/α-hetero) is 1. The van der Waals surface area contributed by atoms with E-state index in [9.17, 15) is 9.59 Å². The number of hydrogen-bond acceptors (Lipinski definition) is 8. The van der Waals surface area contributed by atoms with Gasteiger partial charge in [-0.05, 0) is 77.0 Å². The molecule has 0 saturated carbocycles. The number of hydrogen-bond donors (Lipinski definition) is 0. The maximum Gasteiger partial charge on any atom is 0.315 e. The number of allylic oxidation sites excluding steroid dienone is 2. The molecule has 1 aliphatic carbocycles. The standard InChI is InChI=1S/C30H34BrNO7/c1-7-10-39-30(34)26-16(2)32-21-12-18(17-8-9-23(35-3)24(14-17)36-4)13-22(33)28(21)27(26)19-11-20(31)29(38-6)25(15-19)37-5/h8-9,11,14-15,18,26-27H,7,10,12-13H2,1-6H3/t18-,26?,27+/m0/s1. The van der Waals surface area contributed by atoms with Crippen LogP contribution in [-0.2, 0) is 14.3 Å². The molecular weight excluding hydrogens is 566 g/mol. The van der Waals surface area contributed by atoms with Crippen molar-refractivity contribution in [2.24, 2.45) is 10.9 Å². The van der Waals surface area contributed by atoms with Crippen LogP contribution in [0.5, 0.6) is 23.0 Å². The summed E-state index contributed by atoms with van der Waals surface area (Å²) in [6.45, 7) is 4.07. The molecule has 2 aromatic carbocycles. The number of rotatable bonds is 9. The van der Waals surface area contributed by atoms with Crippen molar-refractivity contribution in [1.29, 1.82) is 0 Å². The first-order valence-electron chi connectivity index (χ1n) is 12.9. The van der Waals surface area contributed by atoms with Gasteiger partial charge in [0.1, 0.15) is 5.92 Å². The topological polar surface area (TPSA) is 92.7 Å². The molecule has 2 aliphatic rings. The van der Waals surface area contributed by atoms with Gasteiger partial charge in [-0.1, -0.05) is 13.0 Å². The SMILES string of the molecule is CCCOC(=O)C1C(C)=NC2=C(C(=O)C[C@@H](c3ccc(OC)c(OC)c3)C2)[C@@H]1c1cc(Br)c(OC)c(OC)c1. The van der Waals surface area contributed by atoms with E-state index in [0.29, 0.717) is 63.9 Å². The Morgan fingerprint density at radius 1 is 0.949 bits per heavy atom. The molecule has 3 atom stereocenters. The van der Waals surface area contributed by atoms with E-state index >= 15 is 0 Å². The van der Waals surface area contributed by atoms with Gasteiger partial charge in [-0.15, -0.1) is 0 Å². The average Bonchev–Trinajstić information content (AvgIpc) is 2.93. The number of aliphatic imine (C=N–C) groups is 1. The van der Waals surface area contributed by atoms with Crippen LogP contribution in [0.3, 0.4) is 0 Å². The Kier molecular flexibility index (Phi) is 9.00. The largest absolute Gasteiger partial charge is 0.493 e. The summed E-state index contributed by atoms with van der Waals surface area (Å²) in [7, 11) is 6.29. The molecule has 0 saturated heterocycles. The third-order valence-electron chi connectivity index (χ3n) is 7.28. The van der Waals surface area contributed by atoms with Gasteiger partial charge in [-0.3, -0.25) is 14.6 Å². The van der Waals surface area contributed by atoms with Gasteiger partial charge in [0.25, 0.3) is 0 Å². The molecule has 1 unspecified atom stereocenters. The van der Waals surface area contributed by atoms with E-state index in [-0.39, 0.29) is 18.1 Å². The summed E-state index contributed by atoms with van der Waals surface area (Å²) in [6, 6.07) is 9.42. The van der Waals surface area contributed by atoms with Crippen LogP contribution in [0.4, 0.5) is 0 Å². The van der Waals surface area contributed by atoms with Gasteiger partial charge in [-0.25, -0.2) is 0 Å². The average molecular weight is 601 g/mol. The lowest BCUT2D eigenvalue weighted by atomic mass is 9.69. The van der Waals surface area contributed by atoms with E-state index in [1.165, 1.54) is 0 Å². The zero-order chi connectivity index (χ0) is 28.3. The Labute approximate surface area is 237 Å². The van der Waals surface area contributed by atoms with Crippen LogP contribution in [0.25, 0.3) is 0 Å². The number of carbonyl (C=O) groups excluding carboxylic acids is 2. The van der Waals surface area contributed by atoms with E-state index in [1.807, 2.05) is 44.2 Å². The van der Waals surface area contributed by atoms with Crippen molar-refractivity contribution < 1.29 is 33.3 Å². The molecule has 0 spiro atoms. The van der Waals surface area contributed by atoms with Gasteiger partial charge in [0.2, 0.25) is 0 Å². The first kappa shape index (κ1) is 28.7. The molecule has 2 aromatic rings. The van der Waals surface area contributed by atoms with Crippen molar-refractivity contribution in [3.63, 3.8) is 0 Å². The summed E-state index contributed by atoms with van der Waals surface area (Å²) in [5.41, 5.74) is 3.58. The van der Waals surface area contributed by atoms with Crippen LogP contribution < -0.4 is 18.9 Å². The summed E-state index contributed by atoms with van der Waals surface area (Å²) < 4.78 is 28.2. The summed E-state index contributed by atoms with van der Waals surface area (Å²) >= 11 is 3.57. The zero-order valence-corrected chi connectivity index (χ0v) is 24.7. The summed E-state index contributed by atoms with van der Waals surface area (Å²) in [5, 5.41) is 0. The highest BCUT2D eigenvalue weighted by Crippen LogP contribution is 2.49. The van der Waals surface area contributed by atoms with Crippen molar-refractivity contribution >= 4 is 33.4 Å². The van der Waals surface area contributed by atoms with Gasteiger partial charge < -0.3 is 23.7 Å². The van der Waals surface area contributed by atoms with Crippen molar-refractivity contribution in [3.8, 4) is 23.0 Å². The minimum absolute atomic E-state index is 0.0449. The molecule has 1 heterocycles. The lowest BCUT2D eigenvalue weighted by molar-refractivity contribution is -0.146. The number of halogens is 1. The van der Waals surface area contributed by atoms with Crippen LogP contribution in [-0.4, -0.2) is 52.5 Å². The number of ether oxygens (including phenoxy) is 5. The number of carbonyl (C=O) groups is 2. The molecule has 0 aromatic heterocycles. The number of nitrogens with zero attached hydrogens (tertiary/aromatic N) is 1. The van der Waals surface area contributed by atoms with Crippen molar-refractivity contribution in [3.05, 3.63) is 57.2 Å². The quantitative estimate of drug-likeness (QED) is 0.326. The highest BCUT2D eigenvalue weighted by molar-refractivity contribution is 9.10. The van der Waals surface area contributed by atoms with Crippen LogP contribution >= 0.6 is 15.9 Å². The maximum atomic E-state index is 13.9. The highest BCUT2D eigenvalue weighted by atomic mass is 79.9. The van der Waals surface area contributed by atoms with E-state index < -0.39 is 17.8 Å². The smallest absolute Gasteiger partial charge is 0.315 e. The summed E-state index contributed by atoms with van der Waals surface area (Å²) in [4.78, 5) is 32.1. The fourth-order valence-corrected chi connectivity index (χ4v) is 6.10. The molecule has 8 nitrogen and oxygen atoms in total.